The van der Waals surface area contributed by atoms with Gasteiger partial charge in [0.1, 0.15) is 5.82 Å². The van der Waals surface area contributed by atoms with Gasteiger partial charge in [-0.05, 0) is 42.5 Å². The average molecular weight is 447 g/mol. The number of halogens is 1. The second-order valence-corrected chi connectivity index (χ2v) is 7.94. The first-order valence-corrected chi connectivity index (χ1v) is 10.9. The van der Waals surface area contributed by atoms with Crippen molar-refractivity contribution in [2.24, 2.45) is 0 Å². The zero-order valence-electron chi connectivity index (χ0n) is 16.8. The van der Waals surface area contributed by atoms with Crippen LogP contribution in [0.25, 0.3) is 16.9 Å². The number of ether oxygens (including phenoxy) is 2. The number of anilines is 1. The summed E-state index contributed by atoms with van der Waals surface area (Å²) >= 11 is 1.28. The minimum atomic E-state index is -0.471. The number of benzene rings is 3. The van der Waals surface area contributed by atoms with Gasteiger partial charge >= 0.3 is 0 Å². The summed E-state index contributed by atoms with van der Waals surface area (Å²) in [6.45, 7) is 0.204. The van der Waals surface area contributed by atoms with E-state index in [1.807, 2.05) is 59.3 Å². The van der Waals surface area contributed by atoms with E-state index in [0.29, 0.717) is 16.7 Å². The van der Waals surface area contributed by atoms with Crippen LogP contribution in [0.1, 0.15) is 0 Å². The third kappa shape index (κ3) is 4.17. The lowest BCUT2D eigenvalue weighted by atomic mass is 10.1. The van der Waals surface area contributed by atoms with Crippen molar-refractivity contribution in [3.05, 3.63) is 84.8 Å². The van der Waals surface area contributed by atoms with Gasteiger partial charge in [0.05, 0.1) is 17.1 Å². The number of nitrogens with zero attached hydrogens (tertiary/aromatic N) is 2. The van der Waals surface area contributed by atoms with Crippen LogP contribution >= 0.6 is 11.8 Å². The van der Waals surface area contributed by atoms with Crippen molar-refractivity contribution >= 4 is 23.4 Å². The smallest absolute Gasteiger partial charge is 0.234 e. The van der Waals surface area contributed by atoms with E-state index in [-0.39, 0.29) is 24.1 Å². The molecular weight excluding hydrogens is 429 g/mol. The van der Waals surface area contributed by atoms with Crippen LogP contribution in [0.5, 0.6) is 11.5 Å². The summed E-state index contributed by atoms with van der Waals surface area (Å²) in [6.07, 6.45) is 1.92. The number of fused-ring (bicyclic) bond motifs is 1. The first-order chi connectivity index (χ1) is 15.7. The van der Waals surface area contributed by atoms with Gasteiger partial charge in [-0.25, -0.2) is 9.37 Å². The molecule has 0 saturated heterocycles. The summed E-state index contributed by atoms with van der Waals surface area (Å²) in [5, 5.41) is 3.25. The topological polar surface area (TPSA) is 65.4 Å². The first-order valence-electron chi connectivity index (χ1n) is 9.89. The highest BCUT2D eigenvalue weighted by molar-refractivity contribution is 7.99. The van der Waals surface area contributed by atoms with Crippen molar-refractivity contribution in [3.63, 3.8) is 0 Å². The molecule has 4 aromatic rings. The Morgan fingerprint density at radius 1 is 1.03 bits per heavy atom. The molecule has 6 nitrogen and oxygen atoms in total. The van der Waals surface area contributed by atoms with E-state index in [0.717, 1.165) is 16.9 Å². The summed E-state index contributed by atoms with van der Waals surface area (Å²) in [5.41, 5.74) is 2.69. The SMILES string of the molecule is O=C(CSc1nc(-c2ccc3c(c2)OCO3)cn1-c1ccccc1)Nc1ccccc1F. The van der Waals surface area contributed by atoms with Crippen LogP contribution in [0.3, 0.4) is 0 Å². The molecule has 0 saturated carbocycles. The fourth-order valence-electron chi connectivity index (χ4n) is 3.31. The lowest BCUT2D eigenvalue weighted by molar-refractivity contribution is -0.113. The molecule has 0 bridgehead atoms. The first kappa shape index (κ1) is 20.1. The summed E-state index contributed by atoms with van der Waals surface area (Å²) in [4.78, 5) is 17.2. The van der Waals surface area contributed by atoms with Crippen molar-refractivity contribution in [2.45, 2.75) is 5.16 Å². The van der Waals surface area contributed by atoms with Gasteiger partial charge in [0.15, 0.2) is 16.7 Å². The van der Waals surface area contributed by atoms with Gasteiger partial charge in [0.25, 0.3) is 0 Å². The average Bonchev–Trinajstić information content (AvgIpc) is 3.46. The largest absolute Gasteiger partial charge is 0.454 e. The molecule has 5 rings (SSSR count). The highest BCUT2D eigenvalue weighted by Gasteiger charge is 2.18. The van der Waals surface area contributed by atoms with Gasteiger partial charge in [0.2, 0.25) is 12.7 Å². The molecule has 1 aliphatic heterocycles. The highest BCUT2D eigenvalue weighted by atomic mass is 32.2. The quantitative estimate of drug-likeness (QED) is 0.415. The molecule has 32 heavy (non-hydrogen) atoms. The second-order valence-electron chi connectivity index (χ2n) is 7.00. The summed E-state index contributed by atoms with van der Waals surface area (Å²) in [6, 6.07) is 21.5. The standard InChI is InChI=1S/C24H18FN3O3S/c25-18-8-4-5-9-19(18)26-23(29)14-32-24-27-20(13-28(24)17-6-2-1-3-7-17)16-10-11-21-22(12-16)31-15-30-21/h1-13H,14-15H2,(H,26,29). The number of rotatable bonds is 6. The van der Waals surface area contributed by atoms with Crippen molar-refractivity contribution in [1.82, 2.24) is 9.55 Å². The molecule has 0 fully saturated rings. The Balaban J connectivity index is 1.40. The number of hydrogen-bond acceptors (Lipinski definition) is 5. The minimum Gasteiger partial charge on any atom is -0.454 e. The van der Waals surface area contributed by atoms with Crippen molar-refractivity contribution in [3.8, 4) is 28.4 Å². The second kappa shape index (κ2) is 8.76. The van der Waals surface area contributed by atoms with E-state index >= 15 is 0 Å². The zero-order valence-corrected chi connectivity index (χ0v) is 17.6. The van der Waals surface area contributed by atoms with Crippen LogP contribution in [-0.2, 0) is 4.79 Å². The van der Waals surface area contributed by atoms with E-state index in [2.05, 4.69) is 5.32 Å². The molecule has 0 atom stereocenters. The molecule has 0 radical (unpaired) electrons. The van der Waals surface area contributed by atoms with Gasteiger partial charge < -0.3 is 14.8 Å². The maximum Gasteiger partial charge on any atom is 0.234 e. The molecule has 1 aliphatic rings. The number of amides is 1. The van der Waals surface area contributed by atoms with E-state index in [1.165, 1.54) is 23.9 Å². The van der Waals surface area contributed by atoms with E-state index < -0.39 is 5.82 Å². The number of hydrogen-bond donors (Lipinski definition) is 1. The van der Waals surface area contributed by atoms with Crippen LogP contribution in [0.15, 0.2) is 84.1 Å². The fraction of sp³-hybridized carbons (Fsp3) is 0.0833. The molecule has 1 amide bonds. The van der Waals surface area contributed by atoms with Gasteiger partial charge in [-0.3, -0.25) is 9.36 Å². The Bertz CT molecular complexity index is 1280. The van der Waals surface area contributed by atoms with Crippen molar-refractivity contribution < 1.29 is 18.7 Å². The Morgan fingerprint density at radius 3 is 2.66 bits per heavy atom. The van der Waals surface area contributed by atoms with Crippen LogP contribution in [0.4, 0.5) is 10.1 Å². The minimum absolute atomic E-state index is 0.0821. The maximum absolute atomic E-state index is 13.8. The van der Waals surface area contributed by atoms with E-state index in [1.54, 1.807) is 12.1 Å². The fourth-order valence-corrected chi connectivity index (χ4v) is 4.11. The van der Waals surface area contributed by atoms with Crippen molar-refractivity contribution in [1.29, 1.82) is 0 Å². The molecule has 1 N–H and O–H groups in total. The van der Waals surface area contributed by atoms with Crippen LogP contribution in [-0.4, -0.2) is 28.0 Å². The summed E-state index contributed by atoms with van der Waals surface area (Å²) < 4.78 is 26.6. The number of aromatic nitrogens is 2. The molecule has 3 aromatic carbocycles. The maximum atomic E-state index is 13.8. The highest BCUT2D eigenvalue weighted by Crippen LogP contribution is 2.36. The van der Waals surface area contributed by atoms with Gasteiger partial charge in [-0.15, -0.1) is 0 Å². The van der Waals surface area contributed by atoms with Gasteiger partial charge in [0, 0.05) is 17.4 Å². The molecule has 1 aromatic heterocycles. The van der Waals surface area contributed by atoms with Crippen LogP contribution < -0.4 is 14.8 Å². The lowest BCUT2D eigenvalue weighted by Gasteiger charge is -2.08. The molecule has 0 spiro atoms. The predicted molar refractivity (Wildman–Crippen MR) is 121 cm³/mol. The Hall–Kier alpha value is -3.78. The number of carbonyl (C=O) groups is 1. The molecular formula is C24H18FN3O3S. The van der Waals surface area contributed by atoms with E-state index in [9.17, 15) is 9.18 Å². The van der Waals surface area contributed by atoms with Gasteiger partial charge in [-0.1, -0.05) is 42.1 Å². The number of thioether (sulfide) groups is 1. The Labute approximate surface area is 188 Å². The third-order valence-electron chi connectivity index (χ3n) is 4.86. The van der Waals surface area contributed by atoms with Gasteiger partial charge in [-0.2, -0.15) is 0 Å². The monoisotopic (exact) mass is 447 g/mol. The Morgan fingerprint density at radius 2 is 1.81 bits per heavy atom. The summed E-state index contributed by atoms with van der Waals surface area (Å²) in [5.74, 6) is 0.679. The lowest BCUT2D eigenvalue weighted by Crippen LogP contribution is -2.15. The van der Waals surface area contributed by atoms with E-state index in [4.69, 9.17) is 14.5 Å². The predicted octanol–water partition coefficient (Wildman–Crippen LogP) is 5.14. The molecule has 0 aliphatic carbocycles. The number of para-hydroxylation sites is 2. The third-order valence-corrected chi connectivity index (χ3v) is 5.81. The molecule has 8 heteroatoms. The van der Waals surface area contributed by atoms with Crippen LogP contribution in [0.2, 0.25) is 0 Å². The van der Waals surface area contributed by atoms with Crippen molar-refractivity contribution in [2.75, 3.05) is 17.9 Å². The Kier molecular flexibility index (Phi) is 5.51. The summed E-state index contributed by atoms with van der Waals surface area (Å²) in [7, 11) is 0. The molecule has 0 unspecified atom stereocenters. The number of carbonyl (C=O) groups excluding carboxylic acids is 1. The molecule has 160 valence electrons. The number of nitrogens with one attached hydrogen (secondary N) is 1. The zero-order chi connectivity index (χ0) is 21.9. The normalized spacial score (nSPS) is 12.0. The molecule has 2 heterocycles. The number of imidazole rings is 1. The van der Waals surface area contributed by atoms with Crippen LogP contribution in [0, 0.1) is 5.82 Å².